The van der Waals surface area contributed by atoms with Crippen molar-refractivity contribution in [2.75, 3.05) is 13.2 Å². The maximum absolute atomic E-state index is 5.52. The quantitative estimate of drug-likeness (QED) is 0.683. The maximum atomic E-state index is 5.52. The van der Waals surface area contributed by atoms with Gasteiger partial charge in [-0.1, -0.05) is 12.8 Å². The van der Waals surface area contributed by atoms with Crippen LogP contribution in [-0.2, 0) is 4.74 Å². The Kier molecular flexibility index (Phi) is 3.82. The van der Waals surface area contributed by atoms with Gasteiger partial charge in [0.15, 0.2) is 0 Å². The van der Waals surface area contributed by atoms with Gasteiger partial charge in [-0.25, -0.2) is 0 Å². The lowest BCUT2D eigenvalue weighted by Crippen LogP contribution is -2.38. The van der Waals surface area contributed by atoms with E-state index in [2.05, 4.69) is 12.2 Å². The van der Waals surface area contributed by atoms with E-state index in [1.807, 2.05) is 0 Å². The maximum Gasteiger partial charge on any atom is 0.0561 e. The van der Waals surface area contributed by atoms with Crippen LogP contribution in [0.25, 0.3) is 0 Å². The van der Waals surface area contributed by atoms with Crippen LogP contribution in [0.1, 0.15) is 45.4 Å². The molecule has 2 heteroatoms. The van der Waals surface area contributed by atoms with Crippen molar-refractivity contribution in [3.63, 3.8) is 0 Å². The first-order valence-corrected chi connectivity index (χ1v) is 6.19. The monoisotopic (exact) mass is 197 g/mol. The van der Waals surface area contributed by atoms with Crippen LogP contribution in [0.5, 0.6) is 0 Å². The molecule has 1 aliphatic heterocycles. The molecule has 0 aromatic heterocycles. The molecular formula is C12H23NO. The topological polar surface area (TPSA) is 21.3 Å². The Morgan fingerprint density at radius 1 is 1.29 bits per heavy atom. The molecule has 1 heterocycles. The van der Waals surface area contributed by atoms with Gasteiger partial charge in [0.2, 0.25) is 0 Å². The van der Waals surface area contributed by atoms with Gasteiger partial charge in [0.05, 0.1) is 6.10 Å². The van der Waals surface area contributed by atoms with Crippen LogP contribution in [0.3, 0.4) is 0 Å². The fraction of sp³-hybridized carbons (Fsp3) is 1.00. The predicted octanol–water partition coefficient (Wildman–Crippen LogP) is 2.33. The van der Waals surface area contributed by atoms with E-state index < -0.39 is 0 Å². The predicted molar refractivity (Wildman–Crippen MR) is 58.4 cm³/mol. The SMILES string of the molecule is CC1CC(NCCCC2CC2)CCO1. The first kappa shape index (κ1) is 10.4. The summed E-state index contributed by atoms with van der Waals surface area (Å²) in [6, 6.07) is 0.720. The van der Waals surface area contributed by atoms with Crippen LogP contribution in [0.4, 0.5) is 0 Å². The molecule has 1 saturated heterocycles. The number of rotatable bonds is 5. The van der Waals surface area contributed by atoms with E-state index in [1.54, 1.807) is 0 Å². The Morgan fingerprint density at radius 2 is 2.14 bits per heavy atom. The Labute approximate surface area is 87.4 Å². The summed E-state index contributed by atoms with van der Waals surface area (Å²) in [4.78, 5) is 0. The van der Waals surface area contributed by atoms with E-state index in [0.717, 1.165) is 18.6 Å². The molecular weight excluding hydrogens is 174 g/mol. The van der Waals surface area contributed by atoms with Crippen molar-refractivity contribution in [3.8, 4) is 0 Å². The van der Waals surface area contributed by atoms with Crippen LogP contribution in [0, 0.1) is 5.92 Å². The van der Waals surface area contributed by atoms with Crippen molar-refractivity contribution >= 4 is 0 Å². The molecule has 0 bridgehead atoms. The van der Waals surface area contributed by atoms with Crippen LogP contribution in [0.2, 0.25) is 0 Å². The van der Waals surface area contributed by atoms with Crippen molar-refractivity contribution in [1.29, 1.82) is 0 Å². The zero-order valence-electron chi connectivity index (χ0n) is 9.30. The highest BCUT2D eigenvalue weighted by atomic mass is 16.5. The van der Waals surface area contributed by atoms with Crippen molar-refractivity contribution in [1.82, 2.24) is 5.32 Å². The standard InChI is InChI=1S/C12H23NO/c1-10-9-12(6-8-14-10)13-7-2-3-11-4-5-11/h10-13H,2-9H2,1H3. The number of ether oxygens (including phenoxy) is 1. The van der Waals surface area contributed by atoms with Crippen molar-refractivity contribution in [2.45, 2.75) is 57.6 Å². The molecule has 0 spiro atoms. The van der Waals surface area contributed by atoms with Crippen LogP contribution < -0.4 is 5.32 Å². The Balaban J connectivity index is 1.50. The highest BCUT2D eigenvalue weighted by molar-refractivity contribution is 4.76. The summed E-state index contributed by atoms with van der Waals surface area (Å²) in [5.41, 5.74) is 0. The lowest BCUT2D eigenvalue weighted by Gasteiger charge is -2.28. The fourth-order valence-electron chi connectivity index (χ4n) is 2.29. The molecule has 0 amide bonds. The lowest BCUT2D eigenvalue weighted by molar-refractivity contribution is 0.0134. The molecule has 1 saturated carbocycles. The van der Waals surface area contributed by atoms with Crippen LogP contribution in [-0.4, -0.2) is 25.3 Å². The third-order valence-corrected chi connectivity index (χ3v) is 3.40. The average Bonchev–Trinajstić information content (AvgIpc) is 2.96. The average molecular weight is 197 g/mol. The first-order chi connectivity index (χ1) is 6.84. The summed E-state index contributed by atoms with van der Waals surface area (Å²) < 4.78 is 5.52. The molecule has 1 aliphatic carbocycles. The van der Waals surface area contributed by atoms with E-state index in [1.165, 1.54) is 45.1 Å². The molecule has 14 heavy (non-hydrogen) atoms. The van der Waals surface area contributed by atoms with Gasteiger partial charge in [-0.3, -0.25) is 0 Å². The van der Waals surface area contributed by atoms with Gasteiger partial charge in [-0.2, -0.15) is 0 Å². The summed E-state index contributed by atoms with van der Waals surface area (Å²) in [5.74, 6) is 1.09. The van der Waals surface area contributed by atoms with Crippen molar-refractivity contribution in [2.24, 2.45) is 5.92 Å². The van der Waals surface area contributed by atoms with Gasteiger partial charge >= 0.3 is 0 Å². The zero-order valence-corrected chi connectivity index (χ0v) is 9.30. The third kappa shape index (κ3) is 3.58. The summed E-state index contributed by atoms with van der Waals surface area (Å²) >= 11 is 0. The minimum Gasteiger partial charge on any atom is -0.378 e. The van der Waals surface area contributed by atoms with Crippen molar-refractivity contribution in [3.05, 3.63) is 0 Å². The van der Waals surface area contributed by atoms with Gasteiger partial charge < -0.3 is 10.1 Å². The minimum atomic E-state index is 0.463. The van der Waals surface area contributed by atoms with Gasteiger partial charge in [0.25, 0.3) is 0 Å². The smallest absolute Gasteiger partial charge is 0.0561 e. The second kappa shape index (κ2) is 5.13. The molecule has 0 aromatic carbocycles. The Hall–Kier alpha value is -0.0800. The summed E-state index contributed by atoms with van der Waals surface area (Å²) in [7, 11) is 0. The van der Waals surface area contributed by atoms with Crippen LogP contribution >= 0.6 is 0 Å². The third-order valence-electron chi connectivity index (χ3n) is 3.40. The number of nitrogens with one attached hydrogen (secondary N) is 1. The second-order valence-electron chi connectivity index (χ2n) is 4.94. The van der Waals surface area contributed by atoms with Crippen molar-refractivity contribution < 1.29 is 4.74 Å². The zero-order chi connectivity index (χ0) is 9.80. The molecule has 2 nitrogen and oxygen atoms in total. The molecule has 2 fully saturated rings. The van der Waals surface area contributed by atoms with Crippen LogP contribution in [0.15, 0.2) is 0 Å². The van der Waals surface area contributed by atoms with Gasteiger partial charge in [-0.05, 0) is 45.1 Å². The normalized spacial score (nSPS) is 33.2. The molecule has 2 atom stereocenters. The Morgan fingerprint density at radius 3 is 2.86 bits per heavy atom. The lowest BCUT2D eigenvalue weighted by atomic mass is 10.0. The molecule has 2 rings (SSSR count). The van der Waals surface area contributed by atoms with E-state index in [9.17, 15) is 0 Å². The first-order valence-electron chi connectivity index (χ1n) is 6.19. The number of hydrogen-bond donors (Lipinski definition) is 1. The van der Waals surface area contributed by atoms with Gasteiger partial charge in [0.1, 0.15) is 0 Å². The minimum absolute atomic E-state index is 0.463. The van der Waals surface area contributed by atoms with Gasteiger partial charge in [0, 0.05) is 12.6 Å². The van der Waals surface area contributed by atoms with Gasteiger partial charge in [-0.15, -0.1) is 0 Å². The fourth-order valence-corrected chi connectivity index (χ4v) is 2.29. The summed E-state index contributed by atoms with van der Waals surface area (Å²) in [6.07, 6.45) is 8.67. The summed E-state index contributed by atoms with van der Waals surface area (Å²) in [5, 5.41) is 3.66. The highest BCUT2D eigenvalue weighted by Gasteiger charge is 2.21. The second-order valence-corrected chi connectivity index (χ2v) is 4.94. The highest BCUT2D eigenvalue weighted by Crippen LogP contribution is 2.33. The van der Waals surface area contributed by atoms with E-state index in [-0.39, 0.29) is 0 Å². The van der Waals surface area contributed by atoms with E-state index >= 15 is 0 Å². The molecule has 1 N–H and O–H groups in total. The molecule has 0 radical (unpaired) electrons. The molecule has 2 aliphatic rings. The Bertz CT molecular complexity index is 168. The summed E-state index contributed by atoms with van der Waals surface area (Å²) in [6.45, 7) is 4.34. The van der Waals surface area contributed by atoms with E-state index in [4.69, 9.17) is 4.74 Å². The molecule has 2 unspecified atom stereocenters. The molecule has 0 aromatic rings. The molecule has 82 valence electrons. The van der Waals surface area contributed by atoms with E-state index in [0.29, 0.717) is 6.10 Å². The number of hydrogen-bond acceptors (Lipinski definition) is 2. The largest absolute Gasteiger partial charge is 0.378 e.